The van der Waals surface area contributed by atoms with Crippen LogP contribution in [0.1, 0.15) is 27.7 Å². The summed E-state index contributed by atoms with van der Waals surface area (Å²) in [5, 5.41) is 8.48. The molecule has 1 N–H and O–H groups in total. The highest BCUT2D eigenvalue weighted by atomic mass is 16.4. The molecule has 0 aromatic carbocycles. The SMILES string of the molecule is CC.CC.CN1CCN(CC(=O)O)CC1. The molecule has 0 atom stereocenters. The van der Waals surface area contributed by atoms with Crippen molar-refractivity contribution in [1.29, 1.82) is 0 Å². The largest absolute Gasteiger partial charge is 0.480 e. The molecule has 15 heavy (non-hydrogen) atoms. The van der Waals surface area contributed by atoms with E-state index in [0.29, 0.717) is 0 Å². The number of carbonyl (C=O) groups is 1. The first kappa shape index (κ1) is 16.8. The van der Waals surface area contributed by atoms with Gasteiger partial charge >= 0.3 is 5.97 Å². The summed E-state index contributed by atoms with van der Waals surface area (Å²) in [6, 6.07) is 0. The van der Waals surface area contributed by atoms with Crippen LogP contribution >= 0.6 is 0 Å². The quantitative estimate of drug-likeness (QED) is 0.760. The van der Waals surface area contributed by atoms with Gasteiger partial charge in [-0.3, -0.25) is 9.69 Å². The first-order valence-electron chi connectivity index (χ1n) is 5.81. The molecule has 4 nitrogen and oxygen atoms in total. The van der Waals surface area contributed by atoms with Gasteiger partial charge in [0.25, 0.3) is 0 Å². The van der Waals surface area contributed by atoms with E-state index in [1.165, 1.54) is 0 Å². The molecule has 92 valence electrons. The first-order valence-corrected chi connectivity index (χ1v) is 5.81. The van der Waals surface area contributed by atoms with Crippen LogP contribution in [0.5, 0.6) is 0 Å². The molecule has 1 heterocycles. The van der Waals surface area contributed by atoms with Gasteiger partial charge in [0, 0.05) is 26.2 Å². The molecule has 0 aromatic heterocycles. The van der Waals surface area contributed by atoms with Crippen LogP contribution < -0.4 is 0 Å². The van der Waals surface area contributed by atoms with Crippen molar-refractivity contribution in [3.05, 3.63) is 0 Å². The van der Waals surface area contributed by atoms with E-state index in [2.05, 4.69) is 11.9 Å². The van der Waals surface area contributed by atoms with Gasteiger partial charge in [0.05, 0.1) is 6.54 Å². The Bertz CT molecular complexity index is 144. The monoisotopic (exact) mass is 218 g/mol. The number of nitrogens with zero attached hydrogens (tertiary/aromatic N) is 2. The van der Waals surface area contributed by atoms with Gasteiger partial charge in [0.1, 0.15) is 0 Å². The van der Waals surface area contributed by atoms with E-state index in [9.17, 15) is 4.79 Å². The van der Waals surface area contributed by atoms with Crippen LogP contribution in [0.25, 0.3) is 0 Å². The fourth-order valence-electron chi connectivity index (χ4n) is 1.20. The summed E-state index contributed by atoms with van der Waals surface area (Å²) in [6.45, 7) is 11.9. The average Bonchev–Trinajstić information content (AvgIpc) is 2.27. The fourth-order valence-corrected chi connectivity index (χ4v) is 1.20. The molecule has 1 fully saturated rings. The van der Waals surface area contributed by atoms with Crippen molar-refractivity contribution in [2.45, 2.75) is 27.7 Å². The number of hydrogen-bond donors (Lipinski definition) is 1. The molecule has 1 aliphatic rings. The van der Waals surface area contributed by atoms with E-state index < -0.39 is 5.97 Å². The molecule has 0 spiro atoms. The Morgan fingerprint density at radius 2 is 1.47 bits per heavy atom. The van der Waals surface area contributed by atoms with Gasteiger partial charge in [0.15, 0.2) is 0 Å². The minimum Gasteiger partial charge on any atom is -0.480 e. The second-order valence-corrected chi connectivity index (χ2v) is 2.97. The molecule has 0 saturated carbocycles. The maximum Gasteiger partial charge on any atom is 0.317 e. The van der Waals surface area contributed by atoms with Crippen molar-refractivity contribution in [3.63, 3.8) is 0 Å². The Labute approximate surface area is 93.9 Å². The lowest BCUT2D eigenvalue weighted by molar-refractivity contribution is -0.138. The summed E-state index contributed by atoms with van der Waals surface area (Å²) in [5.41, 5.74) is 0. The molecule has 0 unspecified atom stereocenters. The van der Waals surface area contributed by atoms with Crippen LogP contribution in [0.3, 0.4) is 0 Å². The Morgan fingerprint density at radius 1 is 1.07 bits per heavy atom. The molecule has 1 saturated heterocycles. The lowest BCUT2D eigenvalue weighted by Crippen LogP contribution is -2.46. The normalized spacial score (nSPS) is 16.9. The van der Waals surface area contributed by atoms with E-state index in [0.717, 1.165) is 26.2 Å². The van der Waals surface area contributed by atoms with Crippen molar-refractivity contribution in [1.82, 2.24) is 9.80 Å². The van der Waals surface area contributed by atoms with Gasteiger partial charge in [0.2, 0.25) is 0 Å². The maximum absolute atomic E-state index is 10.3. The Kier molecular flexibility index (Phi) is 12.8. The number of carboxylic acids is 1. The number of aliphatic carboxylic acids is 1. The molecule has 0 amide bonds. The standard InChI is InChI=1S/C7H14N2O2.2C2H6/c1-8-2-4-9(5-3-8)6-7(10)11;2*1-2/h2-6H2,1H3,(H,10,11);2*1-2H3. The number of likely N-dealkylation sites (N-methyl/N-ethyl adjacent to an activating group) is 1. The molecule has 0 radical (unpaired) electrons. The summed E-state index contributed by atoms with van der Waals surface area (Å²) in [6.07, 6.45) is 0. The van der Waals surface area contributed by atoms with Gasteiger partial charge in [-0.05, 0) is 7.05 Å². The van der Waals surface area contributed by atoms with Crippen LogP contribution in [-0.2, 0) is 4.79 Å². The van der Waals surface area contributed by atoms with Crippen molar-refractivity contribution < 1.29 is 9.90 Å². The average molecular weight is 218 g/mol. The zero-order chi connectivity index (χ0) is 12.3. The highest BCUT2D eigenvalue weighted by Crippen LogP contribution is 1.97. The van der Waals surface area contributed by atoms with Gasteiger partial charge in [-0.1, -0.05) is 27.7 Å². The second-order valence-electron chi connectivity index (χ2n) is 2.97. The molecule has 0 bridgehead atoms. The first-order chi connectivity index (χ1) is 7.18. The molecular weight excluding hydrogens is 192 g/mol. The molecule has 1 rings (SSSR count). The number of hydrogen-bond acceptors (Lipinski definition) is 3. The number of rotatable bonds is 2. The molecule has 1 aliphatic heterocycles. The predicted molar refractivity (Wildman–Crippen MR) is 64.3 cm³/mol. The molecule has 0 aromatic rings. The topological polar surface area (TPSA) is 43.8 Å². The van der Waals surface area contributed by atoms with E-state index in [1.54, 1.807) is 0 Å². The lowest BCUT2D eigenvalue weighted by Gasteiger charge is -2.30. The zero-order valence-corrected chi connectivity index (χ0v) is 10.8. The van der Waals surface area contributed by atoms with Gasteiger partial charge in [-0.15, -0.1) is 0 Å². The van der Waals surface area contributed by atoms with Crippen molar-refractivity contribution in [3.8, 4) is 0 Å². The van der Waals surface area contributed by atoms with Gasteiger partial charge < -0.3 is 10.0 Å². The summed E-state index contributed by atoms with van der Waals surface area (Å²) < 4.78 is 0. The minimum absolute atomic E-state index is 0.188. The number of carboxylic acid groups (broad SMARTS) is 1. The summed E-state index contributed by atoms with van der Waals surface area (Å²) >= 11 is 0. The van der Waals surface area contributed by atoms with Crippen molar-refractivity contribution in [2.75, 3.05) is 39.8 Å². The molecule has 0 aliphatic carbocycles. The Balaban J connectivity index is 0. The molecular formula is C11H26N2O2. The zero-order valence-electron chi connectivity index (χ0n) is 10.8. The van der Waals surface area contributed by atoms with Gasteiger partial charge in [-0.25, -0.2) is 0 Å². The summed E-state index contributed by atoms with van der Waals surface area (Å²) in [7, 11) is 2.05. The highest BCUT2D eigenvalue weighted by molar-refractivity contribution is 5.69. The second kappa shape index (κ2) is 11.5. The van der Waals surface area contributed by atoms with E-state index in [4.69, 9.17) is 5.11 Å². The minimum atomic E-state index is -0.727. The Morgan fingerprint density at radius 3 is 1.80 bits per heavy atom. The van der Waals surface area contributed by atoms with E-state index in [1.807, 2.05) is 32.6 Å². The summed E-state index contributed by atoms with van der Waals surface area (Å²) in [4.78, 5) is 14.5. The molecule has 4 heteroatoms. The van der Waals surface area contributed by atoms with Crippen LogP contribution in [0.15, 0.2) is 0 Å². The third-order valence-electron chi connectivity index (χ3n) is 1.95. The Hall–Kier alpha value is -0.610. The number of piperazine rings is 1. The predicted octanol–water partition coefficient (Wildman–Crippen LogP) is 1.37. The van der Waals surface area contributed by atoms with Crippen LogP contribution in [0, 0.1) is 0 Å². The van der Waals surface area contributed by atoms with E-state index >= 15 is 0 Å². The third-order valence-corrected chi connectivity index (χ3v) is 1.95. The lowest BCUT2D eigenvalue weighted by atomic mass is 10.3. The maximum atomic E-state index is 10.3. The summed E-state index contributed by atoms with van der Waals surface area (Å²) in [5.74, 6) is -0.727. The third kappa shape index (κ3) is 9.69. The highest BCUT2D eigenvalue weighted by Gasteiger charge is 2.15. The smallest absolute Gasteiger partial charge is 0.317 e. The van der Waals surface area contributed by atoms with Crippen molar-refractivity contribution >= 4 is 5.97 Å². The van der Waals surface area contributed by atoms with Crippen molar-refractivity contribution in [2.24, 2.45) is 0 Å². The van der Waals surface area contributed by atoms with Gasteiger partial charge in [-0.2, -0.15) is 0 Å². The van der Waals surface area contributed by atoms with E-state index in [-0.39, 0.29) is 6.54 Å². The van der Waals surface area contributed by atoms with Crippen LogP contribution in [-0.4, -0.2) is 60.6 Å². The van der Waals surface area contributed by atoms with Crippen LogP contribution in [0.4, 0.5) is 0 Å². The fraction of sp³-hybridized carbons (Fsp3) is 0.909. The van der Waals surface area contributed by atoms with Crippen LogP contribution in [0.2, 0.25) is 0 Å².